The van der Waals surface area contributed by atoms with Crippen LogP contribution < -0.4 is 10.6 Å². The molecule has 5 heteroatoms. The summed E-state index contributed by atoms with van der Waals surface area (Å²) in [7, 11) is 3.34. The van der Waals surface area contributed by atoms with Gasteiger partial charge < -0.3 is 20.1 Å². The third kappa shape index (κ3) is 3.79. The van der Waals surface area contributed by atoms with Gasteiger partial charge >= 0.3 is 0 Å². The van der Waals surface area contributed by atoms with Crippen LogP contribution in [0.3, 0.4) is 0 Å². The summed E-state index contributed by atoms with van der Waals surface area (Å²) in [6.45, 7) is 1.81. The van der Waals surface area contributed by atoms with Crippen molar-refractivity contribution < 1.29 is 14.3 Å². The number of amides is 1. The van der Waals surface area contributed by atoms with Crippen molar-refractivity contribution in [2.24, 2.45) is 0 Å². The van der Waals surface area contributed by atoms with Gasteiger partial charge in [0.2, 0.25) is 5.91 Å². The minimum atomic E-state index is -0.158. The first kappa shape index (κ1) is 15.0. The lowest BCUT2D eigenvalue weighted by atomic mass is 10.1. The van der Waals surface area contributed by atoms with Crippen LogP contribution in [0.2, 0.25) is 0 Å². The van der Waals surface area contributed by atoms with E-state index < -0.39 is 0 Å². The minimum Gasteiger partial charge on any atom is -0.380 e. The third-order valence-corrected chi connectivity index (χ3v) is 3.61. The molecule has 1 saturated heterocycles. The van der Waals surface area contributed by atoms with Crippen LogP contribution in [0, 0.1) is 0 Å². The molecule has 0 radical (unpaired) electrons. The first-order valence-electron chi connectivity index (χ1n) is 6.84. The molecule has 0 saturated carbocycles. The second kappa shape index (κ2) is 7.38. The maximum Gasteiger partial charge on any atom is 0.237 e. The lowest BCUT2D eigenvalue weighted by Gasteiger charge is -2.13. The number of methoxy groups -OCH3 is 2. The van der Waals surface area contributed by atoms with Gasteiger partial charge in [-0.3, -0.25) is 4.79 Å². The fourth-order valence-corrected chi connectivity index (χ4v) is 2.41. The smallest absolute Gasteiger partial charge is 0.237 e. The summed E-state index contributed by atoms with van der Waals surface area (Å²) >= 11 is 0. The molecule has 2 atom stereocenters. The highest BCUT2D eigenvalue weighted by Crippen LogP contribution is 2.12. The maximum atomic E-state index is 12.1. The van der Waals surface area contributed by atoms with Gasteiger partial charge in [0, 0.05) is 27.3 Å². The molecule has 2 N–H and O–H groups in total. The fourth-order valence-electron chi connectivity index (χ4n) is 2.41. The molecule has 1 heterocycles. The van der Waals surface area contributed by atoms with Crippen molar-refractivity contribution in [1.29, 1.82) is 0 Å². The first-order valence-corrected chi connectivity index (χ1v) is 6.84. The lowest BCUT2D eigenvalue weighted by molar-refractivity contribution is -0.123. The van der Waals surface area contributed by atoms with Gasteiger partial charge in [-0.05, 0) is 17.5 Å². The molecule has 5 nitrogen and oxygen atoms in total. The summed E-state index contributed by atoms with van der Waals surface area (Å²) in [5.41, 5.74) is 2.19. The van der Waals surface area contributed by atoms with Crippen molar-refractivity contribution >= 4 is 5.91 Å². The second-order valence-corrected chi connectivity index (χ2v) is 4.97. The molecule has 1 aliphatic heterocycles. The monoisotopic (exact) mass is 278 g/mol. The molecule has 1 aliphatic rings. The van der Waals surface area contributed by atoms with Gasteiger partial charge in [0.15, 0.2) is 0 Å². The molecule has 20 heavy (non-hydrogen) atoms. The lowest BCUT2D eigenvalue weighted by Crippen LogP contribution is -2.40. The normalized spacial score (nSPS) is 21.9. The average molecular weight is 278 g/mol. The van der Waals surface area contributed by atoms with Crippen LogP contribution in [0.5, 0.6) is 0 Å². The van der Waals surface area contributed by atoms with Crippen LogP contribution in [0.25, 0.3) is 0 Å². The largest absolute Gasteiger partial charge is 0.380 e. The number of carbonyl (C=O) groups is 1. The Labute approximate surface area is 119 Å². The average Bonchev–Trinajstić information content (AvgIpc) is 2.95. The quantitative estimate of drug-likeness (QED) is 0.809. The zero-order chi connectivity index (χ0) is 14.4. The number of hydrogen-bond acceptors (Lipinski definition) is 4. The molecule has 0 spiro atoms. The Kier molecular flexibility index (Phi) is 5.52. The van der Waals surface area contributed by atoms with Crippen LogP contribution >= 0.6 is 0 Å². The van der Waals surface area contributed by atoms with E-state index >= 15 is 0 Å². The molecule has 2 rings (SSSR count). The Hall–Kier alpha value is -1.43. The molecular formula is C15H22N2O3. The zero-order valence-corrected chi connectivity index (χ0v) is 12.0. The summed E-state index contributed by atoms with van der Waals surface area (Å²) < 4.78 is 10.4. The van der Waals surface area contributed by atoms with E-state index in [1.165, 1.54) is 0 Å². The molecule has 1 fully saturated rings. The number of nitrogens with one attached hydrogen (secondary N) is 2. The second-order valence-electron chi connectivity index (χ2n) is 4.97. The molecule has 1 aromatic carbocycles. The minimum absolute atomic E-state index is 0.0248. The van der Waals surface area contributed by atoms with Crippen LogP contribution in [-0.2, 0) is 27.4 Å². The van der Waals surface area contributed by atoms with Crippen LogP contribution in [-0.4, -0.2) is 38.8 Å². The van der Waals surface area contributed by atoms with Crippen molar-refractivity contribution in [3.63, 3.8) is 0 Å². The van der Waals surface area contributed by atoms with E-state index in [1.54, 1.807) is 14.2 Å². The molecule has 1 amide bonds. The number of benzene rings is 1. The van der Waals surface area contributed by atoms with Crippen LogP contribution in [0.15, 0.2) is 24.3 Å². The Morgan fingerprint density at radius 2 is 2.10 bits per heavy atom. The van der Waals surface area contributed by atoms with Gasteiger partial charge in [-0.25, -0.2) is 0 Å². The van der Waals surface area contributed by atoms with Gasteiger partial charge in [-0.15, -0.1) is 0 Å². The standard InChI is InChI=1S/C15H22N2O3/c1-19-10-12-6-4-3-5-11(12)8-17-15(18)14-7-13(20-2)9-16-14/h3-6,13-14,16H,7-10H2,1-2H3,(H,17,18). The van der Waals surface area contributed by atoms with E-state index in [0.717, 1.165) is 24.1 Å². The number of hydrogen-bond donors (Lipinski definition) is 2. The number of rotatable bonds is 6. The van der Waals surface area contributed by atoms with Crippen LogP contribution in [0.1, 0.15) is 17.5 Å². The van der Waals surface area contributed by atoms with E-state index in [2.05, 4.69) is 10.6 Å². The van der Waals surface area contributed by atoms with Crippen molar-refractivity contribution in [2.45, 2.75) is 31.7 Å². The third-order valence-electron chi connectivity index (χ3n) is 3.61. The van der Waals surface area contributed by atoms with Crippen molar-refractivity contribution in [3.8, 4) is 0 Å². The van der Waals surface area contributed by atoms with E-state index in [9.17, 15) is 4.79 Å². The Bertz CT molecular complexity index is 450. The Morgan fingerprint density at radius 1 is 1.35 bits per heavy atom. The number of ether oxygens (including phenoxy) is 2. The highest BCUT2D eigenvalue weighted by molar-refractivity contribution is 5.82. The zero-order valence-electron chi connectivity index (χ0n) is 12.0. The van der Waals surface area contributed by atoms with E-state index in [4.69, 9.17) is 9.47 Å². The van der Waals surface area contributed by atoms with Gasteiger partial charge in [-0.1, -0.05) is 24.3 Å². The predicted molar refractivity (Wildman–Crippen MR) is 76.2 cm³/mol. The van der Waals surface area contributed by atoms with Gasteiger partial charge in [0.1, 0.15) is 0 Å². The summed E-state index contributed by atoms with van der Waals surface area (Å²) in [6, 6.07) is 7.81. The van der Waals surface area contributed by atoms with E-state index in [-0.39, 0.29) is 18.1 Å². The summed E-state index contributed by atoms with van der Waals surface area (Å²) in [5, 5.41) is 6.14. The molecule has 1 aromatic rings. The summed E-state index contributed by atoms with van der Waals surface area (Å²) in [6.07, 6.45) is 0.855. The summed E-state index contributed by atoms with van der Waals surface area (Å²) in [5.74, 6) is 0.0248. The predicted octanol–water partition coefficient (Wildman–Crippen LogP) is 0.826. The fraction of sp³-hybridized carbons (Fsp3) is 0.533. The highest BCUT2D eigenvalue weighted by Gasteiger charge is 2.28. The first-order chi connectivity index (χ1) is 9.74. The van der Waals surface area contributed by atoms with Crippen molar-refractivity contribution in [2.75, 3.05) is 20.8 Å². The Balaban J connectivity index is 1.87. The number of carbonyl (C=O) groups excluding carboxylic acids is 1. The van der Waals surface area contributed by atoms with E-state index in [1.807, 2.05) is 24.3 Å². The molecule has 0 aliphatic carbocycles. The van der Waals surface area contributed by atoms with E-state index in [0.29, 0.717) is 13.2 Å². The molecular weight excluding hydrogens is 256 g/mol. The highest BCUT2D eigenvalue weighted by atomic mass is 16.5. The van der Waals surface area contributed by atoms with Gasteiger partial charge in [0.05, 0.1) is 18.8 Å². The SMILES string of the molecule is COCc1ccccc1CNC(=O)C1CC(OC)CN1. The topological polar surface area (TPSA) is 59.6 Å². The van der Waals surface area contributed by atoms with Crippen molar-refractivity contribution in [1.82, 2.24) is 10.6 Å². The van der Waals surface area contributed by atoms with Gasteiger partial charge in [0.25, 0.3) is 0 Å². The summed E-state index contributed by atoms with van der Waals surface area (Å²) in [4.78, 5) is 12.1. The van der Waals surface area contributed by atoms with Crippen molar-refractivity contribution in [3.05, 3.63) is 35.4 Å². The molecule has 2 unspecified atom stereocenters. The molecule has 0 bridgehead atoms. The molecule has 110 valence electrons. The molecule has 0 aromatic heterocycles. The van der Waals surface area contributed by atoms with Gasteiger partial charge in [-0.2, -0.15) is 0 Å². The maximum absolute atomic E-state index is 12.1. The Morgan fingerprint density at radius 3 is 2.75 bits per heavy atom. The van der Waals surface area contributed by atoms with Crippen LogP contribution in [0.4, 0.5) is 0 Å².